The largest absolute Gasteiger partial charge is 0.349 e. The lowest BCUT2D eigenvalue weighted by atomic mass is 9.81. The number of carbonyl (C=O) groups is 1. The van der Waals surface area contributed by atoms with Crippen molar-refractivity contribution in [2.24, 2.45) is 0 Å². The fourth-order valence-corrected chi connectivity index (χ4v) is 5.72. The zero-order chi connectivity index (χ0) is 19.1. The summed E-state index contributed by atoms with van der Waals surface area (Å²) in [6.45, 7) is 4.68. The van der Waals surface area contributed by atoms with Crippen molar-refractivity contribution in [3.63, 3.8) is 0 Å². The minimum absolute atomic E-state index is 0.182. The second-order valence-electron chi connectivity index (χ2n) is 8.09. The Balaban J connectivity index is 1.48. The Morgan fingerprint density at radius 2 is 2.29 bits per heavy atom. The molecule has 7 heteroatoms. The van der Waals surface area contributed by atoms with Gasteiger partial charge in [-0.15, -0.1) is 11.3 Å². The van der Waals surface area contributed by atoms with E-state index in [1.54, 1.807) is 11.3 Å². The molecule has 5 rings (SSSR count). The lowest BCUT2D eigenvalue weighted by Gasteiger charge is -2.34. The first-order valence-electron chi connectivity index (χ1n) is 10.00. The molecular formula is C21H25N5OS. The fraction of sp³-hybridized carbons (Fsp3) is 0.476. The molecule has 28 heavy (non-hydrogen) atoms. The first-order valence-corrected chi connectivity index (χ1v) is 10.9. The van der Waals surface area contributed by atoms with E-state index in [0.717, 1.165) is 55.2 Å². The Morgan fingerprint density at radius 1 is 1.36 bits per heavy atom. The molecule has 3 aromatic rings. The molecule has 1 spiro atoms. The maximum absolute atomic E-state index is 12.5. The van der Waals surface area contributed by atoms with Crippen LogP contribution in [0.3, 0.4) is 0 Å². The van der Waals surface area contributed by atoms with Crippen LogP contribution in [0.15, 0.2) is 36.0 Å². The summed E-state index contributed by atoms with van der Waals surface area (Å²) in [4.78, 5) is 25.4. The third-order valence-corrected chi connectivity index (χ3v) is 7.01. The highest BCUT2D eigenvalue weighted by Gasteiger charge is 2.49. The summed E-state index contributed by atoms with van der Waals surface area (Å²) in [5.41, 5.74) is 3.19. The number of aromatic nitrogens is 3. The zero-order valence-electron chi connectivity index (χ0n) is 16.1. The third kappa shape index (κ3) is 3.02. The number of amides is 1. The monoisotopic (exact) mass is 395 g/mol. The van der Waals surface area contributed by atoms with Crippen LogP contribution >= 0.6 is 11.3 Å². The van der Waals surface area contributed by atoms with Gasteiger partial charge >= 0.3 is 0 Å². The normalized spacial score (nSPS) is 26.0. The quantitative estimate of drug-likeness (QED) is 0.740. The summed E-state index contributed by atoms with van der Waals surface area (Å²) in [7, 11) is 0. The van der Waals surface area contributed by atoms with Crippen molar-refractivity contribution in [3.8, 4) is 0 Å². The van der Waals surface area contributed by atoms with Crippen molar-refractivity contribution in [1.82, 2.24) is 24.6 Å². The van der Waals surface area contributed by atoms with Gasteiger partial charge in [0, 0.05) is 55.4 Å². The highest BCUT2D eigenvalue weighted by Crippen LogP contribution is 2.41. The highest BCUT2D eigenvalue weighted by molar-refractivity contribution is 7.15. The van der Waals surface area contributed by atoms with E-state index in [0.29, 0.717) is 6.42 Å². The number of aryl methyl sites for hydroxylation is 1. The summed E-state index contributed by atoms with van der Waals surface area (Å²) >= 11 is 1.67. The molecule has 2 fully saturated rings. The van der Waals surface area contributed by atoms with Crippen LogP contribution in [-0.4, -0.2) is 43.8 Å². The smallest absolute Gasteiger partial charge is 0.220 e. The Kier molecular flexibility index (Phi) is 4.44. The zero-order valence-corrected chi connectivity index (χ0v) is 16.9. The second-order valence-corrected chi connectivity index (χ2v) is 8.96. The average molecular weight is 396 g/mol. The van der Waals surface area contributed by atoms with Crippen LogP contribution in [0.5, 0.6) is 0 Å². The predicted octanol–water partition coefficient (Wildman–Crippen LogP) is 3.13. The molecule has 1 N–H and O–H groups in total. The van der Waals surface area contributed by atoms with E-state index in [9.17, 15) is 4.79 Å². The van der Waals surface area contributed by atoms with Crippen LogP contribution in [-0.2, 0) is 11.3 Å². The summed E-state index contributed by atoms with van der Waals surface area (Å²) in [6.07, 6.45) is 7.66. The van der Waals surface area contributed by atoms with Gasteiger partial charge < -0.3 is 5.32 Å². The number of fused-ring (bicyclic) bond motifs is 1. The number of rotatable bonds is 3. The van der Waals surface area contributed by atoms with E-state index in [-0.39, 0.29) is 17.4 Å². The van der Waals surface area contributed by atoms with Gasteiger partial charge in [-0.25, -0.2) is 4.98 Å². The van der Waals surface area contributed by atoms with E-state index in [1.165, 1.54) is 5.69 Å². The van der Waals surface area contributed by atoms with Gasteiger partial charge in [0.1, 0.15) is 0 Å². The van der Waals surface area contributed by atoms with Gasteiger partial charge in [-0.3, -0.25) is 19.1 Å². The van der Waals surface area contributed by atoms with Crippen molar-refractivity contribution in [2.45, 2.75) is 50.6 Å². The van der Waals surface area contributed by atoms with Crippen molar-refractivity contribution in [3.05, 3.63) is 53.1 Å². The van der Waals surface area contributed by atoms with Gasteiger partial charge in [0.15, 0.2) is 4.96 Å². The van der Waals surface area contributed by atoms with E-state index < -0.39 is 0 Å². The van der Waals surface area contributed by atoms with Gasteiger partial charge in [-0.1, -0.05) is 12.5 Å². The van der Waals surface area contributed by atoms with Crippen LogP contribution in [0.25, 0.3) is 4.96 Å². The van der Waals surface area contributed by atoms with Gasteiger partial charge in [0.05, 0.1) is 16.9 Å². The van der Waals surface area contributed by atoms with Crippen molar-refractivity contribution in [2.75, 3.05) is 13.1 Å². The van der Waals surface area contributed by atoms with Crippen molar-refractivity contribution in [1.29, 1.82) is 0 Å². The molecule has 0 aliphatic carbocycles. The van der Waals surface area contributed by atoms with Gasteiger partial charge in [-0.2, -0.15) is 0 Å². The van der Waals surface area contributed by atoms with Gasteiger partial charge in [-0.05, 0) is 31.9 Å². The van der Waals surface area contributed by atoms with E-state index in [4.69, 9.17) is 4.98 Å². The van der Waals surface area contributed by atoms with Gasteiger partial charge in [0.25, 0.3) is 0 Å². The number of nitrogens with one attached hydrogen (secondary N) is 1. The Morgan fingerprint density at radius 3 is 3.14 bits per heavy atom. The van der Waals surface area contributed by atoms with Crippen LogP contribution in [0.4, 0.5) is 0 Å². The van der Waals surface area contributed by atoms with E-state index in [2.05, 4.69) is 44.2 Å². The fourth-order valence-electron chi connectivity index (χ4n) is 4.94. The number of likely N-dealkylation sites (tertiary alicyclic amines) is 1. The van der Waals surface area contributed by atoms with Crippen molar-refractivity contribution >= 4 is 22.2 Å². The van der Waals surface area contributed by atoms with E-state index in [1.807, 2.05) is 18.3 Å². The lowest BCUT2D eigenvalue weighted by Crippen LogP contribution is -2.52. The first-order chi connectivity index (χ1) is 13.6. The number of hydrogen-bond donors (Lipinski definition) is 1. The standard InChI is InChI=1S/C21H25N5OS/c1-15-18(26-10-11-28-20(26)23-15)13-25-12-16(17-6-3-5-9-22-17)21(14-25)8-4-2-7-19(27)24-21/h3,5-6,9-11,16H,2,4,7-8,12-14H2,1H3,(H,24,27)/t16-,21+/m0/s1. The topological polar surface area (TPSA) is 62.5 Å². The molecule has 0 aromatic carbocycles. The predicted molar refractivity (Wildman–Crippen MR) is 109 cm³/mol. The molecule has 1 amide bonds. The minimum atomic E-state index is -0.228. The molecule has 2 aliphatic rings. The number of pyridine rings is 1. The van der Waals surface area contributed by atoms with Crippen LogP contribution in [0.1, 0.15) is 48.7 Å². The average Bonchev–Trinajstić information content (AvgIpc) is 3.31. The van der Waals surface area contributed by atoms with Crippen molar-refractivity contribution < 1.29 is 4.79 Å². The Labute approximate surface area is 168 Å². The molecule has 2 atom stereocenters. The highest BCUT2D eigenvalue weighted by atomic mass is 32.1. The van der Waals surface area contributed by atoms with Gasteiger partial charge in [0.2, 0.25) is 5.91 Å². The van der Waals surface area contributed by atoms with Crippen LogP contribution < -0.4 is 5.32 Å². The summed E-state index contributed by atoms with van der Waals surface area (Å²) in [5.74, 6) is 0.392. The maximum atomic E-state index is 12.5. The molecule has 2 saturated heterocycles. The SMILES string of the molecule is Cc1nc2sccn2c1CN1C[C@@H](c2ccccn2)[C@@]2(CCCCC(=O)N2)C1. The molecule has 3 aromatic heterocycles. The summed E-state index contributed by atoms with van der Waals surface area (Å²) in [5, 5.41) is 5.50. The first kappa shape index (κ1) is 17.8. The van der Waals surface area contributed by atoms with Crippen LogP contribution in [0.2, 0.25) is 0 Å². The number of nitrogens with zero attached hydrogens (tertiary/aromatic N) is 4. The molecule has 5 heterocycles. The number of hydrogen-bond acceptors (Lipinski definition) is 5. The second kappa shape index (κ2) is 6.97. The summed E-state index contributed by atoms with van der Waals surface area (Å²) < 4.78 is 2.20. The molecule has 2 aliphatic heterocycles. The number of imidazole rings is 1. The molecule has 6 nitrogen and oxygen atoms in total. The number of thiazole rings is 1. The Bertz CT molecular complexity index is 997. The van der Waals surface area contributed by atoms with Crippen LogP contribution in [0, 0.1) is 6.92 Å². The number of carbonyl (C=O) groups excluding carboxylic acids is 1. The molecule has 0 saturated carbocycles. The summed E-state index contributed by atoms with van der Waals surface area (Å²) in [6, 6.07) is 6.11. The molecule has 0 radical (unpaired) electrons. The maximum Gasteiger partial charge on any atom is 0.220 e. The minimum Gasteiger partial charge on any atom is -0.349 e. The lowest BCUT2D eigenvalue weighted by molar-refractivity contribution is -0.122. The molecule has 146 valence electrons. The molecule has 0 unspecified atom stereocenters. The van der Waals surface area contributed by atoms with E-state index >= 15 is 0 Å². The molecular weight excluding hydrogens is 370 g/mol. The Hall–Kier alpha value is -2.25. The third-order valence-electron chi connectivity index (χ3n) is 6.26. The molecule has 0 bridgehead atoms.